The van der Waals surface area contributed by atoms with Gasteiger partial charge in [0.15, 0.2) is 5.41 Å². The van der Waals surface area contributed by atoms with Crippen LogP contribution in [0.1, 0.15) is 20.3 Å². The number of esters is 4. The number of carbonyl (C=O) groups excluding carboxylic acids is 4. The second-order valence-corrected chi connectivity index (χ2v) is 6.18. The maximum absolute atomic E-state index is 12.2. The molecule has 0 aliphatic heterocycles. The molecule has 32 heavy (non-hydrogen) atoms. The molecule has 0 amide bonds. The van der Waals surface area contributed by atoms with Gasteiger partial charge in [0.25, 0.3) is 0 Å². The third-order valence-corrected chi connectivity index (χ3v) is 3.85. The summed E-state index contributed by atoms with van der Waals surface area (Å²) in [5.74, 6) is -5.83. The monoisotopic (exact) mass is 454 g/mol. The van der Waals surface area contributed by atoms with Crippen molar-refractivity contribution in [1.82, 2.24) is 0 Å². The molecule has 0 rings (SSSR count). The number of carbonyl (C=O) groups is 4. The van der Waals surface area contributed by atoms with E-state index in [1.165, 1.54) is 0 Å². The highest BCUT2D eigenvalue weighted by Crippen LogP contribution is 2.40. The van der Waals surface area contributed by atoms with Crippen LogP contribution in [0.15, 0.2) is 50.6 Å². The van der Waals surface area contributed by atoms with Crippen LogP contribution < -0.4 is 0 Å². The van der Waals surface area contributed by atoms with Crippen LogP contribution in [0.2, 0.25) is 0 Å². The Bertz CT molecular complexity index is 652. The molecule has 0 bridgehead atoms. The molecule has 0 fully saturated rings. The fourth-order valence-corrected chi connectivity index (χ4v) is 2.31. The smallest absolute Gasteiger partial charge is 0.345 e. The highest BCUT2D eigenvalue weighted by molar-refractivity contribution is 5.83. The standard InChI is InChI=1S/C22H30O10/c1-7-13-31-22(30-12-6,32-20(26)11-5)21(14-27-17(23)8-2,15-28-18(24)9-3)16-29-19(25)10-4/h8-11H,2-5,7,12-16H2,1,6H3. The van der Waals surface area contributed by atoms with Gasteiger partial charge in [-0.1, -0.05) is 33.2 Å². The lowest BCUT2D eigenvalue weighted by molar-refractivity contribution is -0.422. The fourth-order valence-electron chi connectivity index (χ4n) is 2.31. The molecule has 1 atom stereocenters. The molecule has 0 aromatic heterocycles. The van der Waals surface area contributed by atoms with Gasteiger partial charge in [0.2, 0.25) is 0 Å². The Labute approximate surface area is 187 Å². The van der Waals surface area contributed by atoms with Gasteiger partial charge < -0.3 is 28.4 Å². The molecule has 0 saturated carbocycles. The van der Waals surface area contributed by atoms with E-state index in [9.17, 15) is 19.2 Å². The molecular formula is C22H30O10. The van der Waals surface area contributed by atoms with Crippen LogP contribution in [0.4, 0.5) is 0 Å². The van der Waals surface area contributed by atoms with Crippen LogP contribution >= 0.6 is 0 Å². The van der Waals surface area contributed by atoms with E-state index in [0.29, 0.717) is 6.42 Å². The number of hydrogen-bond acceptors (Lipinski definition) is 10. The highest BCUT2D eigenvalue weighted by atomic mass is 16.9. The summed E-state index contributed by atoms with van der Waals surface area (Å²) in [5, 5.41) is 0. The Morgan fingerprint density at radius 1 is 0.688 bits per heavy atom. The lowest BCUT2D eigenvalue weighted by Crippen LogP contribution is -2.62. The molecule has 0 radical (unpaired) electrons. The second kappa shape index (κ2) is 14.7. The van der Waals surface area contributed by atoms with Gasteiger partial charge in [0, 0.05) is 24.3 Å². The van der Waals surface area contributed by atoms with E-state index >= 15 is 0 Å². The van der Waals surface area contributed by atoms with Gasteiger partial charge >= 0.3 is 29.9 Å². The van der Waals surface area contributed by atoms with E-state index in [4.69, 9.17) is 28.4 Å². The molecule has 1 unspecified atom stereocenters. The zero-order chi connectivity index (χ0) is 24.6. The third-order valence-electron chi connectivity index (χ3n) is 3.85. The summed E-state index contributed by atoms with van der Waals surface area (Å²) >= 11 is 0. The first kappa shape index (κ1) is 28.8. The molecule has 0 N–H and O–H groups in total. The largest absolute Gasteiger partial charge is 0.461 e. The molecule has 0 saturated heterocycles. The van der Waals surface area contributed by atoms with Crippen LogP contribution in [0, 0.1) is 5.41 Å². The number of ether oxygens (including phenoxy) is 6. The van der Waals surface area contributed by atoms with E-state index < -0.39 is 55.1 Å². The Hall–Kier alpha value is -3.24. The maximum Gasteiger partial charge on any atom is 0.345 e. The molecule has 0 heterocycles. The predicted molar refractivity (Wildman–Crippen MR) is 113 cm³/mol. The fraction of sp³-hybridized carbons (Fsp3) is 0.455. The zero-order valence-corrected chi connectivity index (χ0v) is 18.5. The zero-order valence-electron chi connectivity index (χ0n) is 18.5. The normalized spacial score (nSPS) is 12.4. The Balaban J connectivity index is 6.73. The van der Waals surface area contributed by atoms with Crippen molar-refractivity contribution in [3.63, 3.8) is 0 Å². The Morgan fingerprint density at radius 3 is 1.41 bits per heavy atom. The lowest BCUT2D eigenvalue weighted by Gasteiger charge is -2.45. The van der Waals surface area contributed by atoms with Crippen LogP contribution in [0.3, 0.4) is 0 Å². The van der Waals surface area contributed by atoms with E-state index in [1.807, 2.05) is 0 Å². The second-order valence-electron chi connectivity index (χ2n) is 6.18. The van der Waals surface area contributed by atoms with Gasteiger partial charge in [-0.25, -0.2) is 19.2 Å². The van der Waals surface area contributed by atoms with Crippen molar-refractivity contribution in [3.05, 3.63) is 50.6 Å². The predicted octanol–water partition coefficient (Wildman–Crippen LogP) is 2.01. The van der Waals surface area contributed by atoms with E-state index in [1.54, 1.807) is 13.8 Å². The first-order valence-corrected chi connectivity index (χ1v) is 9.70. The summed E-state index contributed by atoms with van der Waals surface area (Å²) in [4.78, 5) is 47.7. The topological polar surface area (TPSA) is 124 Å². The molecule has 0 aromatic carbocycles. The minimum atomic E-state index is -2.31. The van der Waals surface area contributed by atoms with Crippen molar-refractivity contribution in [3.8, 4) is 0 Å². The minimum Gasteiger partial charge on any atom is -0.461 e. The average Bonchev–Trinajstić information content (AvgIpc) is 2.81. The van der Waals surface area contributed by atoms with Crippen LogP contribution in [-0.4, -0.2) is 62.9 Å². The summed E-state index contributed by atoms with van der Waals surface area (Å²) in [6, 6.07) is 0. The molecular weight excluding hydrogens is 424 g/mol. The summed E-state index contributed by atoms with van der Waals surface area (Å²) in [6.07, 6.45) is 3.99. The summed E-state index contributed by atoms with van der Waals surface area (Å²) < 4.78 is 32.4. The van der Waals surface area contributed by atoms with E-state index in [-0.39, 0.29) is 13.2 Å². The summed E-state index contributed by atoms with van der Waals surface area (Å²) in [6.45, 7) is 14.7. The van der Waals surface area contributed by atoms with Crippen molar-refractivity contribution in [2.75, 3.05) is 33.0 Å². The third kappa shape index (κ3) is 8.48. The first-order valence-electron chi connectivity index (χ1n) is 9.70. The van der Waals surface area contributed by atoms with Crippen LogP contribution in [0.5, 0.6) is 0 Å². The van der Waals surface area contributed by atoms with Gasteiger partial charge in [0.05, 0.1) is 13.2 Å². The number of rotatable bonds is 17. The quantitative estimate of drug-likeness (QED) is 0.139. The average molecular weight is 454 g/mol. The van der Waals surface area contributed by atoms with Crippen LogP contribution in [0.25, 0.3) is 0 Å². The van der Waals surface area contributed by atoms with E-state index in [0.717, 1.165) is 24.3 Å². The molecule has 0 aromatic rings. The molecule has 10 nitrogen and oxygen atoms in total. The minimum absolute atomic E-state index is 0.00634. The van der Waals surface area contributed by atoms with Crippen molar-refractivity contribution < 1.29 is 47.6 Å². The summed E-state index contributed by atoms with van der Waals surface area (Å²) in [5.41, 5.74) is -1.87. The molecule has 10 heteroatoms. The Morgan fingerprint density at radius 2 is 1.09 bits per heavy atom. The van der Waals surface area contributed by atoms with Crippen molar-refractivity contribution in [2.24, 2.45) is 5.41 Å². The van der Waals surface area contributed by atoms with Gasteiger partial charge in [0.1, 0.15) is 19.8 Å². The molecule has 0 aliphatic carbocycles. The first-order chi connectivity index (χ1) is 15.2. The Kier molecular flexibility index (Phi) is 13.2. The molecule has 0 aliphatic rings. The van der Waals surface area contributed by atoms with Gasteiger partial charge in [-0.05, 0) is 13.3 Å². The SMILES string of the molecule is C=CC(=O)OCC(COC(=O)C=C)(COC(=O)C=C)C(OCC)(OCCC)OC(=O)C=C. The summed E-state index contributed by atoms with van der Waals surface area (Å²) in [7, 11) is 0. The van der Waals surface area contributed by atoms with Crippen molar-refractivity contribution >= 4 is 23.9 Å². The number of hydrogen-bond donors (Lipinski definition) is 0. The highest BCUT2D eigenvalue weighted by Gasteiger charge is 2.61. The van der Waals surface area contributed by atoms with Gasteiger partial charge in [-0.3, -0.25) is 0 Å². The maximum atomic E-state index is 12.2. The van der Waals surface area contributed by atoms with E-state index in [2.05, 4.69) is 26.3 Å². The van der Waals surface area contributed by atoms with Crippen LogP contribution in [-0.2, 0) is 47.6 Å². The molecule has 178 valence electrons. The van der Waals surface area contributed by atoms with Crippen molar-refractivity contribution in [2.45, 2.75) is 26.2 Å². The molecule has 0 spiro atoms. The van der Waals surface area contributed by atoms with Gasteiger partial charge in [-0.15, -0.1) is 0 Å². The van der Waals surface area contributed by atoms with Crippen molar-refractivity contribution in [1.29, 1.82) is 0 Å². The van der Waals surface area contributed by atoms with Gasteiger partial charge in [-0.2, -0.15) is 0 Å². The lowest BCUT2D eigenvalue weighted by atomic mass is 9.86.